The van der Waals surface area contributed by atoms with Crippen LogP contribution in [0.5, 0.6) is 0 Å². The molecule has 0 saturated heterocycles. The summed E-state index contributed by atoms with van der Waals surface area (Å²) in [5.41, 5.74) is 0. The molecule has 0 unspecified atom stereocenters. The lowest BCUT2D eigenvalue weighted by Crippen LogP contribution is -2.40. The Bertz CT molecular complexity index is 231. The van der Waals surface area contributed by atoms with Gasteiger partial charge in [-0.3, -0.25) is 0 Å². The predicted molar refractivity (Wildman–Crippen MR) is 82.4 cm³/mol. The van der Waals surface area contributed by atoms with Crippen molar-refractivity contribution in [2.45, 2.75) is 77.1 Å². The number of rotatable bonds is 9. The summed E-state index contributed by atoms with van der Waals surface area (Å²) in [6.07, 6.45) is 6.49. The van der Waals surface area contributed by atoms with E-state index in [9.17, 15) is 5.11 Å². The molecule has 108 valence electrons. The Morgan fingerprint density at radius 1 is 1.22 bits per heavy atom. The molecule has 0 aliphatic carbocycles. The van der Waals surface area contributed by atoms with E-state index in [1.807, 2.05) is 0 Å². The van der Waals surface area contributed by atoms with Crippen LogP contribution in [0.15, 0.2) is 12.7 Å². The molecule has 0 amide bonds. The fourth-order valence-electron chi connectivity index (χ4n) is 1.51. The number of unbranched alkanes of at least 4 members (excludes halogenated alkanes) is 2. The molecule has 0 rings (SSSR count). The average molecular weight is 273 g/mol. The second kappa shape index (κ2) is 8.13. The van der Waals surface area contributed by atoms with Crippen LogP contribution in [-0.2, 0) is 4.43 Å². The van der Waals surface area contributed by atoms with Gasteiger partial charge in [0.15, 0.2) is 8.32 Å². The maximum Gasteiger partial charge on any atom is 0.191 e. The van der Waals surface area contributed by atoms with Crippen LogP contribution in [0, 0.1) is 0 Å². The molecule has 1 atom stereocenters. The first-order chi connectivity index (χ1) is 8.20. The third-order valence-corrected chi connectivity index (χ3v) is 8.43. The molecule has 0 bridgehead atoms. The number of hydrogen-bond donors (Lipinski definition) is 1. The van der Waals surface area contributed by atoms with E-state index in [2.05, 4.69) is 40.4 Å². The van der Waals surface area contributed by atoms with Crippen LogP contribution in [0.4, 0.5) is 0 Å². The Hall–Kier alpha value is -0.123. The Labute approximate surface area is 115 Å². The molecule has 0 saturated carbocycles. The molecule has 18 heavy (non-hydrogen) atoms. The van der Waals surface area contributed by atoms with Gasteiger partial charge in [0.25, 0.3) is 0 Å². The molecule has 2 nitrogen and oxygen atoms in total. The van der Waals surface area contributed by atoms with E-state index in [0.29, 0.717) is 11.5 Å². The minimum Gasteiger partial charge on any atom is -0.417 e. The first kappa shape index (κ1) is 17.9. The second-order valence-corrected chi connectivity index (χ2v) is 11.4. The average Bonchev–Trinajstić information content (AvgIpc) is 2.21. The molecule has 0 aromatic rings. The molecule has 3 heteroatoms. The van der Waals surface area contributed by atoms with Gasteiger partial charge in [-0.15, -0.1) is 6.58 Å². The SMILES string of the molecule is C=CC[C@H](O)CCCCCO[Si](C)(C)C(C)(C)C. The summed E-state index contributed by atoms with van der Waals surface area (Å²) in [6.45, 7) is 15.9. The molecule has 0 aliphatic rings. The van der Waals surface area contributed by atoms with Gasteiger partial charge in [0.2, 0.25) is 0 Å². The third-order valence-electron chi connectivity index (χ3n) is 3.89. The third kappa shape index (κ3) is 7.34. The fourth-order valence-corrected chi connectivity index (χ4v) is 2.60. The van der Waals surface area contributed by atoms with Crippen molar-refractivity contribution in [1.82, 2.24) is 0 Å². The van der Waals surface area contributed by atoms with E-state index >= 15 is 0 Å². The van der Waals surface area contributed by atoms with E-state index in [1.54, 1.807) is 6.08 Å². The highest BCUT2D eigenvalue weighted by atomic mass is 28.4. The van der Waals surface area contributed by atoms with Crippen molar-refractivity contribution in [3.05, 3.63) is 12.7 Å². The quantitative estimate of drug-likeness (QED) is 0.380. The summed E-state index contributed by atoms with van der Waals surface area (Å²) >= 11 is 0. The maximum atomic E-state index is 9.55. The molecule has 0 aromatic carbocycles. The van der Waals surface area contributed by atoms with Crippen molar-refractivity contribution in [3.8, 4) is 0 Å². The molecular weight excluding hydrogens is 240 g/mol. The molecule has 0 spiro atoms. The van der Waals surface area contributed by atoms with Crippen LogP contribution in [0.3, 0.4) is 0 Å². The van der Waals surface area contributed by atoms with Gasteiger partial charge in [0, 0.05) is 6.61 Å². The highest BCUT2D eigenvalue weighted by Gasteiger charge is 2.36. The van der Waals surface area contributed by atoms with Gasteiger partial charge in [-0.05, 0) is 37.4 Å². The van der Waals surface area contributed by atoms with Crippen LogP contribution >= 0.6 is 0 Å². The first-order valence-electron chi connectivity index (χ1n) is 7.13. The Kier molecular flexibility index (Phi) is 8.07. The van der Waals surface area contributed by atoms with Crippen molar-refractivity contribution in [3.63, 3.8) is 0 Å². The first-order valence-corrected chi connectivity index (χ1v) is 10.0. The Morgan fingerprint density at radius 3 is 2.33 bits per heavy atom. The summed E-state index contributed by atoms with van der Waals surface area (Å²) in [5, 5.41) is 9.84. The van der Waals surface area contributed by atoms with Crippen molar-refractivity contribution >= 4 is 8.32 Å². The standard InChI is InChI=1S/C15H32O2Si/c1-7-11-14(16)12-9-8-10-13-17-18(5,6)15(2,3)4/h7,14,16H,1,8-13H2,2-6H3/t14-/m0/s1. The van der Waals surface area contributed by atoms with Crippen LogP contribution in [0.1, 0.15) is 52.9 Å². The van der Waals surface area contributed by atoms with Gasteiger partial charge in [-0.2, -0.15) is 0 Å². The predicted octanol–water partition coefficient (Wildman–Crippen LogP) is 4.51. The van der Waals surface area contributed by atoms with E-state index in [4.69, 9.17) is 4.43 Å². The van der Waals surface area contributed by atoms with Crippen LogP contribution in [0.25, 0.3) is 0 Å². The fraction of sp³-hybridized carbons (Fsp3) is 0.867. The molecule has 0 aromatic heterocycles. The minimum absolute atomic E-state index is 0.205. The number of aliphatic hydroxyl groups excluding tert-OH is 1. The van der Waals surface area contributed by atoms with Crippen molar-refractivity contribution < 1.29 is 9.53 Å². The lowest BCUT2D eigenvalue weighted by atomic mass is 10.1. The monoisotopic (exact) mass is 272 g/mol. The van der Waals surface area contributed by atoms with E-state index in [1.165, 1.54) is 0 Å². The van der Waals surface area contributed by atoms with Crippen molar-refractivity contribution in [1.29, 1.82) is 0 Å². The smallest absolute Gasteiger partial charge is 0.191 e. The van der Waals surface area contributed by atoms with E-state index < -0.39 is 8.32 Å². The second-order valence-electron chi connectivity index (χ2n) is 6.64. The zero-order valence-electron chi connectivity index (χ0n) is 13.0. The molecule has 0 heterocycles. The molecule has 0 fully saturated rings. The summed E-state index contributed by atoms with van der Waals surface area (Å²) < 4.78 is 6.11. The summed E-state index contributed by atoms with van der Waals surface area (Å²) in [7, 11) is -1.56. The zero-order chi connectivity index (χ0) is 14.2. The lowest BCUT2D eigenvalue weighted by molar-refractivity contribution is 0.162. The van der Waals surface area contributed by atoms with Crippen LogP contribution < -0.4 is 0 Å². The van der Waals surface area contributed by atoms with E-state index in [0.717, 1.165) is 32.3 Å². The lowest BCUT2D eigenvalue weighted by Gasteiger charge is -2.36. The Balaban J connectivity index is 3.60. The van der Waals surface area contributed by atoms with Gasteiger partial charge in [-0.25, -0.2) is 0 Å². The largest absolute Gasteiger partial charge is 0.417 e. The van der Waals surface area contributed by atoms with Crippen LogP contribution in [-0.4, -0.2) is 26.1 Å². The molecule has 0 radical (unpaired) electrons. The topological polar surface area (TPSA) is 29.5 Å². The van der Waals surface area contributed by atoms with Gasteiger partial charge < -0.3 is 9.53 Å². The van der Waals surface area contributed by atoms with Crippen LogP contribution in [0.2, 0.25) is 18.1 Å². The molecule has 0 aliphatic heterocycles. The normalized spacial score (nSPS) is 14.6. The summed E-state index contributed by atoms with van der Waals surface area (Å²) in [4.78, 5) is 0. The number of aliphatic hydroxyl groups is 1. The number of hydrogen-bond acceptors (Lipinski definition) is 2. The molecule has 1 N–H and O–H groups in total. The van der Waals surface area contributed by atoms with Gasteiger partial charge in [0.1, 0.15) is 0 Å². The Morgan fingerprint density at radius 2 is 1.83 bits per heavy atom. The van der Waals surface area contributed by atoms with E-state index in [-0.39, 0.29) is 6.10 Å². The van der Waals surface area contributed by atoms with Crippen molar-refractivity contribution in [2.24, 2.45) is 0 Å². The molecular formula is C15H32O2Si. The minimum atomic E-state index is -1.56. The van der Waals surface area contributed by atoms with Gasteiger partial charge >= 0.3 is 0 Å². The van der Waals surface area contributed by atoms with Crippen molar-refractivity contribution in [2.75, 3.05) is 6.61 Å². The summed E-state index contributed by atoms with van der Waals surface area (Å²) in [5.74, 6) is 0. The highest BCUT2D eigenvalue weighted by molar-refractivity contribution is 6.74. The zero-order valence-corrected chi connectivity index (χ0v) is 14.0. The van der Waals surface area contributed by atoms with Gasteiger partial charge in [-0.1, -0.05) is 39.7 Å². The summed E-state index contributed by atoms with van der Waals surface area (Å²) in [6, 6.07) is 0. The maximum absolute atomic E-state index is 9.55. The highest BCUT2D eigenvalue weighted by Crippen LogP contribution is 2.36. The van der Waals surface area contributed by atoms with Gasteiger partial charge in [0.05, 0.1) is 6.10 Å².